The Morgan fingerprint density at radius 2 is 2.29 bits per heavy atom. The molecule has 0 aliphatic carbocycles. The number of thiophene rings is 1. The van der Waals surface area contributed by atoms with Crippen LogP contribution in [0.15, 0.2) is 64.2 Å². The first kappa shape index (κ1) is 13.3. The first-order chi connectivity index (χ1) is 10.3. The maximum absolute atomic E-state index is 11.9. The van der Waals surface area contributed by atoms with E-state index in [9.17, 15) is 4.79 Å². The van der Waals surface area contributed by atoms with E-state index in [0.29, 0.717) is 11.4 Å². The minimum absolute atomic E-state index is 0.170. The van der Waals surface area contributed by atoms with Crippen LogP contribution in [0, 0.1) is 0 Å². The van der Waals surface area contributed by atoms with Crippen LogP contribution in [0.25, 0.3) is 17.4 Å². The molecule has 3 aromatic rings. The van der Waals surface area contributed by atoms with Crippen LogP contribution in [0.2, 0.25) is 0 Å². The van der Waals surface area contributed by atoms with Crippen LogP contribution in [0.5, 0.6) is 0 Å². The van der Waals surface area contributed by atoms with E-state index in [0.717, 1.165) is 11.1 Å². The minimum Gasteiger partial charge on any atom is -0.444 e. The molecule has 5 heteroatoms. The van der Waals surface area contributed by atoms with Crippen LogP contribution in [0.1, 0.15) is 5.56 Å². The predicted molar refractivity (Wildman–Crippen MR) is 83.9 cm³/mol. The topological polar surface area (TPSA) is 55.1 Å². The first-order valence-electron chi connectivity index (χ1n) is 6.31. The molecule has 0 spiro atoms. The molecule has 0 fully saturated rings. The van der Waals surface area contributed by atoms with Crippen molar-refractivity contribution in [3.8, 4) is 11.3 Å². The molecule has 0 aliphatic heterocycles. The maximum atomic E-state index is 11.9. The average molecular weight is 296 g/mol. The normalized spacial score (nSPS) is 10.9. The fourth-order valence-electron chi connectivity index (χ4n) is 1.83. The Kier molecular flexibility index (Phi) is 3.93. The van der Waals surface area contributed by atoms with E-state index >= 15 is 0 Å². The van der Waals surface area contributed by atoms with E-state index < -0.39 is 0 Å². The van der Waals surface area contributed by atoms with Gasteiger partial charge in [-0.1, -0.05) is 12.1 Å². The molecule has 1 aromatic carbocycles. The lowest BCUT2D eigenvalue weighted by Gasteiger charge is -2.03. The van der Waals surface area contributed by atoms with Gasteiger partial charge in [0.2, 0.25) is 5.91 Å². The molecule has 0 saturated heterocycles. The summed E-state index contributed by atoms with van der Waals surface area (Å²) in [6.07, 6.45) is 6.32. The van der Waals surface area contributed by atoms with Crippen LogP contribution < -0.4 is 5.32 Å². The summed E-state index contributed by atoms with van der Waals surface area (Å²) in [4.78, 5) is 15.8. The fraction of sp³-hybridized carbons (Fsp3) is 0. The Morgan fingerprint density at radius 1 is 1.33 bits per heavy atom. The maximum Gasteiger partial charge on any atom is 0.248 e. The number of benzene rings is 1. The lowest BCUT2D eigenvalue weighted by molar-refractivity contribution is -0.111. The van der Waals surface area contributed by atoms with Gasteiger partial charge in [-0.05, 0) is 40.6 Å². The van der Waals surface area contributed by atoms with Crippen molar-refractivity contribution < 1.29 is 9.21 Å². The summed E-state index contributed by atoms with van der Waals surface area (Å²) in [5.41, 5.74) is 2.60. The van der Waals surface area contributed by atoms with Gasteiger partial charge in [0.05, 0.1) is 6.20 Å². The standard InChI is InChI=1S/C16H12N2O2S/c19-16(5-4-12-6-7-21-10-12)18-14-3-1-2-13(8-14)15-9-17-11-20-15/h1-11H,(H,18,19). The van der Waals surface area contributed by atoms with Crippen LogP contribution in [0.3, 0.4) is 0 Å². The highest BCUT2D eigenvalue weighted by Gasteiger charge is 2.03. The van der Waals surface area contributed by atoms with Gasteiger partial charge < -0.3 is 9.73 Å². The van der Waals surface area contributed by atoms with Crippen molar-refractivity contribution in [2.45, 2.75) is 0 Å². The summed E-state index contributed by atoms with van der Waals surface area (Å²) in [6, 6.07) is 9.39. The second-order valence-corrected chi connectivity index (χ2v) is 5.11. The number of aromatic nitrogens is 1. The molecule has 0 unspecified atom stereocenters. The number of carbonyl (C=O) groups excluding carboxylic acids is 1. The number of nitrogens with zero attached hydrogens (tertiary/aromatic N) is 1. The van der Waals surface area contributed by atoms with Crippen molar-refractivity contribution in [1.29, 1.82) is 0 Å². The van der Waals surface area contributed by atoms with Gasteiger partial charge in [-0.2, -0.15) is 11.3 Å². The molecule has 0 saturated carbocycles. The molecular formula is C16H12N2O2S. The van der Waals surface area contributed by atoms with E-state index in [4.69, 9.17) is 4.42 Å². The largest absolute Gasteiger partial charge is 0.444 e. The van der Waals surface area contributed by atoms with Crippen molar-refractivity contribution in [1.82, 2.24) is 4.98 Å². The van der Waals surface area contributed by atoms with Gasteiger partial charge in [0, 0.05) is 17.3 Å². The Balaban J connectivity index is 1.70. The van der Waals surface area contributed by atoms with Gasteiger partial charge in [-0.15, -0.1) is 0 Å². The van der Waals surface area contributed by atoms with E-state index in [-0.39, 0.29) is 5.91 Å². The quantitative estimate of drug-likeness (QED) is 0.739. The Bertz CT molecular complexity index is 746. The monoisotopic (exact) mass is 296 g/mol. The minimum atomic E-state index is -0.170. The van der Waals surface area contributed by atoms with Gasteiger partial charge in [0.15, 0.2) is 12.2 Å². The summed E-state index contributed by atoms with van der Waals surface area (Å²) in [6.45, 7) is 0. The van der Waals surface area contributed by atoms with Crippen molar-refractivity contribution >= 4 is 29.0 Å². The van der Waals surface area contributed by atoms with Crippen LogP contribution >= 0.6 is 11.3 Å². The van der Waals surface area contributed by atoms with Gasteiger partial charge in [0.1, 0.15) is 0 Å². The van der Waals surface area contributed by atoms with Crippen molar-refractivity contribution in [2.24, 2.45) is 0 Å². The fourth-order valence-corrected chi connectivity index (χ4v) is 2.46. The number of anilines is 1. The first-order valence-corrected chi connectivity index (χ1v) is 7.26. The molecule has 4 nitrogen and oxygen atoms in total. The van der Waals surface area contributed by atoms with Gasteiger partial charge >= 0.3 is 0 Å². The molecule has 3 rings (SSSR count). The lowest BCUT2D eigenvalue weighted by atomic mass is 10.1. The number of nitrogens with one attached hydrogen (secondary N) is 1. The zero-order chi connectivity index (χ0) is 14.5. The molecule has 2 aromatic heterocycles. The molecule has 0 atom stereocenters. The third-order valence-corrected chi connectivity index (χ3v) is 3.52. The summed E-state index contributed by atoms with van der Waals surface area (Å²) < 4.78 is 5.24. The van der Waals surface area contributed by atoms with Crippen LogP contribution in [-0.2, 0) is 4.79 Å². The highest BCUT2D eigenvalue weighted by Crippen LogP contribution is 2.22. The molecular weight excluding hydrogens is 284 g/mol. The molecule has 1 amide bonds. The molecule has 2 heterocycles. The Hall–Kier alpha value is -2.66. The van der Waals surface area contributed by atoms with Crippen molar-refractivity contribution in [2.75, 3.05) is 5.32 Å². The summed E-state index contributed by atoms with van der Waals surface area (Å²) in [7, 11) is 0. The number of hydrogen-bond donors (Lipinski definition) is 1. The molecule has 1 N–H and O–H groups in total. The summed E-state index contributed by atoms with van der Waals surface area (Å²) in [5, 5.41) is 6.77. The summed E-state index contributed by atoms with van der Waals surface area (Å²) in [5.74, 6) is 0.496. The number of carbonyl (C=O) groups is 1. The molecule has 0 radical (unpaired) electrons. The number of hydrogen-bond acceptors (Lipinski definition) is 4. The Labute approximate surface area is 125 Å². The van der Waals surface area contributed by atoms with E-state index in [1.165, 1.54) is 12.5 Å². The van der Waals surface area contributed by atoms with Crippen molar-refractivity contribution in [3.63, 3.8) is 0 Å². The van der Waals surface area contributed by atoms with Gasteiger partial charge in [-0.25, -0.2) is 4.98 Å². The molecule has 0 aliphatic rings. The van der Waals surface area contributed by atoms with E-state index in [1.54, 1.807) is 23.6 Å². The number of amides is 1. The van der Waals surface area contributed by atoms with E-state index in [2.05, 4.69) is 10.3 Å². The van der Waals surface area contributed by atoms with E-state index in [1.807, 2.05) is 41.1 Å². The second-order valence-electron chi connectivity index (χ2n) is 4.33. The van der Waals surface area contributed by atoms with Crippen molar-refractivity contribution in [3.05, 3.63) is 65.3 Å². The smallest absolute Gasteiger partial charge is 0.248 e. The third kappa shape index (κ3) is 3.46. The zero-order valence-electron chi connectivity index (χ0n) is 11.0. The third-order valence-electron chi connectivity index (χ3n) is 2.82. The lowest BCUT2D eigenvalue weighted by Crippen LogP contribution is -2.07. The molecule has 21 heavy (non-hydrogen) atoms. The highest BCUT2D eigenvalue weighted by atomic mass is 32.1. The number of oxazole rings is 1. The summed E-state index contributed by atoms with van der Waals surface area (Å²) >= 11 is 1.60. The molecule has 104 valence electrons. The predicted octanol–water partition coefficient (Wildman–Crippen LogP) is 4.06. The Morgan fingerprint density at radius 3 is 3.05 bits per heavy atom. The average Bonchev–Trinajstić information content (AvgIpc) is 3.19. The highest BCUT2D eigenvalue weighted by molar-refractivity contribution is 7.08. The molecule has 0 bridgehead atoms. The number of rotatable bonds is 4. The van der Waals surface area contributed by atoms with Gasteiger partial charge in [-0.3, -0.25) is 4.79 Å². The van der Waals surface area contributed by atoms with Crippen LogP contribution in [0.4, 0.5) is 5.69 Å². The van der Waals surface area contributed by atoms with Gasteiger partial charge in [0.25, 0.3) is 0 Å². The SMILES string of the molecule is O=C(C=Cc1ccsc1)Nc1cccc(-c2cnco2)c1. The zero-order valence-corrected chi connectivity index (χ0v) is 11.8. The second kappa shape index (κ2) is 6.19. The van der Waals surface area contributed by atoms with Crippen LogP contribution in [-0.4, -0.2) is 10.9 Å².